The molecule has 0 aromatic rings. The molecule has 0 amide bonds. The Balaban J connectivity index is 2.35. The van der Waals surface area contributed by atoms with Crippen molar-refractivity contribution in [3.05, 3.63) is 32.8 Å². The summed E-state index contributed by atoms with van der Waals surface area (Å²) in [5.41, 5.74) is 1.51. The molecule has 0 aromatic carbocycles. The van der Waals surface area contributed by atoms with Gasteiger partial charge in [0.05, 0.1) is 0 Å². The van der Waals surface area contributed by atoms with E-state index in [1.165, 1.54) is 9.15 Å². The van der Waals surface area contributed by atoms with Gasteiger partial charge in [0.15, 0.2) is 0 Å². The van der Waals surface area contributed by atoms with Gasteiger partial charge in [-0.1, -0.05) is 23.8 Å². The Bertz CT molecular complexity index is 263. The van der Waals surface area contributed by atoms with Crippen LogP contribution in [-0.2, 0) is 0 Å². The van der Waals surface area contributed by atoms with Crippen molar-refractivity contribution in [1.29, 1.82) is 0 Å². The van der Waals surface area contributed by atoms with Crippen LogP contribution in [0.1, 0.15) is 6.92 Å². The molecule has 58 valence electrons. The largest absolute Gasteiger partial charge is 0.126 e. The Morgan fingerprint density at radius 3 is 3.00 bits per heavy atom. The summed E-state index contributed by atoms with van der Waals surface area (Å²) in [5.74, 6) is 0.672. The molecule has 0 N–H and O–H groups in total. The van der Waals surface area contributed by atoms with Crippen LogP contribution in [-0.4, -0.2) is 5.25 Å². The second kappa shape index (κ2) is 2.98. The van der Waals surface area contributed by atoms with E-state index in [-0.39, 0.29) is 0 Å². The van der Waals surface area contributed by atoms with Crippen molar-refractivity contribution in [1.82, 2.24) is 0 Å². The minimum atomic E-state index is 0.672. The third kappa shape index (κ3) is 1.31. The highest BCUT2D eigenvalue weighted by molar-refractivity contribution is 14.1. The predicted octanol–water partition coefficient (Wildman–Crippen LogP) is 3.51. The van der Waals surface area contributed by atoms with Crippen LogP contribution >= 0.6 is 34.4 Å². The molecule has 0 radical (unpaired) electrons. The summed E-state index contributed by atoms with van der Waals surface area (Å²) in [7, 11) is 0. The summed E-state index contributed by atoms with van der Waals surface area (Å²) in [4.78, 5) is 0. The molecule has 2 heteroatoms. The quantitative estimate of drug-likeness (QED) is 0.610. The first kappa shape index (κ1) is 7.92. The van der Waals surface area contributed by atoms with Gasteiger partial charge >= 0.3 is 0 Å². The number of rotatable bonds is 0. The highest BCUT2D eigenvalue weighted by atomic mass is 127. The Morgan fingerprint density at radius 1 is 1.45 bits per heavy atom. The van der Waals surface area contributed by atoms with Crippen LogP contribution in [0.2, 0.25) is 0 Å². The zero-order valence-corrected chi connectivity index (χ0v) is 9.22. The van der Waals surface area contributed by atoms with Gasteiger partial charge in [0.2, 0.25) is 0 Å². The highest BCUT2D eigenvalue weighted by Gasteiger charge is 2.28. The number of fused-ring (bicyclic) bond motifs is 1. The molecule has 0 fully saturated rings. The first-order valence-electron chi connectivity index (χ1n) is 3.65. The molecule has 0 bridgehead atoms. The average Bonchev–Trinajstić information content (AvgIpc) is 2.45. The normalized spacial score (nSPS) is 34.7. The third-order valence-electron chi connectivity index (χ3n) is 2.11. The highest BCUT2D eigenvalue weighted by Crippen LogP contribution is 2.43. The molecule has 1 aliphatic carbocycles. The number of hydrogen-bond acceptors (Lipinski definition) is 1. The molecule has 0 saturated carbocycles. The van der Waals surface area contributed by atoms with E-state index in [0.29, 0.717) is 11.2 Å². The van der Waals surface area contributed by atoms with E-state index in [1.54, 1.807) is 0 Å². The number of allylic oxidation sites excluding steroid dienone is 4. The van der Waals surface area contributed by atoms with Crippen molar-refractivity contribution in [3.8, 4) is 0 Å². The third-order valence-corrected chi connectivity index (χ3v) is 4.46. The van der Waals surface area contributed by atoms with Crippen LogP contribution in [0.4, 0.5) is 0 Å². The molecular formula is C9H9IS. The summed E-state index contributed by atoms with van der Waals surface area (Å²) in [5, 5.41) is 2.93. The van der Waals surface area contributed by atoms with Crippen molar-refractivity contribution in [3.63, 3.8) is 0 Å². The standard InChI is InChI=1S/C9H9IS/c1-6-2-3-8(10)7-4-5-11-9(6)7/h2-5,7,9H,1H3. The summed E-state index contributed by atoms with van der Waals surface area (Å²) in [6.07, 6.45) is 6.78. The molecule has 2 unspecified atom stereocenters. The number of halogens is 1. The second-order valence-corrected chi connectivity index (χ2v) is 5.17. The topological polar surface area (TPSA) is 0 Å². The average molecular weight is 276 g/mol. The fourth-order valence-electron chi connectivity index (χ4n) is 1.44. The Hall–Kier alpha value is 0.300. The van der Waals surface area contributed by atoms with Gasteiger partial charge in [-0.25, -0.2) is 0 Å². The predicted molar refractivity (Wildman–Crippen MR) is 59.9 cm³/mol. The van der Waals surface area contributed by atoms with Crippen molar-refractivity contribution < 1.29 is 0 Å². The summed E-state index contributed by atoms with van der Waals surface area (Å²) >= 11 is 4.38. The molecule has 0 saturated heterocycles. The first-order valence-corrected chi connectivity index (χ1v) is 5.67. The fourth-order valence-corrected chi connectivity index (χ4v) is 3.56. The van der Waals surface area contributed by atoms with Gasteiger partial charge in [-0.2, -0.15) is 0 Å². The monoisotopic (exact) mass is 276 g/mol. The Kier molecular flexibility index (Phi) is 2.14. The molecule has 1 heterocycles. The fraction of sp³-hybridized carbons (Fsp3) is 0.333. The smallest absolute Gasteiger partial charge is 0.0406 e. The van der Waals surface area contributed by atoms with Gasteiger partial charge in [-0.15, -0.1) is 11.8 Å². The van der Waals surface area contributed by atoms with E-state index in [9.17, 15) is 0 Å². The lowest BCUT2D eigenvalue weighted by molar-refractivity contribution is 0.811. The van der Waals surface area contributed by atoms with Gasteiger partial charge in [-0.3, -0.25) is 0 Å². The van der Waals surface area contributed by atoms with E-state index in [2.05, 4.69) is 53.2 Å². The molecule has 11 heavy (non-hydrogen) atoms. The molecule has 0 spiro atoms. The van der Waals surface area contributed by atoms with Gasteiger partial charge < -0.3 is 0 Å². The second-order valence-electron chi connectivity index (χ2n) is 2.87. The van der Waals surface area contributed by atoms with Crippen LogP contribution < -0.4 is 0 Å². The molecular weight excluding hydrogens is 267 g/mol. The minimum absolute atomic E-state index is 0.672. The van der Waals surface area contributed by atoms with Crippen LogP contribution in [0.25, 0.3) is 0 Å². The Morgan fingerprint density at radius 2 is 2.27 bits per heavy atom. The molecule has 0 aromatic heterocycles. The maximum atomic E-state index is 2.44. The van der Waals surface area contributed by atoms with Crippen LogP contribution in [0.3, 0.4) is 0 Å². The zero-order chi connectivity index (χ0) is 7.84. The number of hydrogen-bond donors (Lipinski definition) is 0. The van der Waals surface area contributed by atoms with Crippen molar-refractivity contribution in [2.24, 2.45) is 5.92 Å². The Labute approximate surface area is 85.0 Å². The lowest BCUT2D eigenvalue weighted by Crippen LogP contribution is -2.15. The van der Waals surface area contributed by atoms with E-state index >= 15 is 0 Å². The molecule has 0 nitrogen and oxygen atoms in total. The molecule has 2 atom stereocenters. The van der Waals surface area contributed by atoms with Crippen molar-refractivity contribution in [2.75, 3.05) is 0 Å². The first-order chi connectivity index (χ1) is 5.29. The maximum Gasteiger partial charge on any atom is 0.0406 e. The lowest BCUT2D eigenvalue weighted by atomic mass is 9.95. The summed E-state index contributed by atoms with van der Waals surface area (Å²) in [6, 6.07) is 0. The van der Waals surface area contributed by atoms with Crippen molar-refractivity contribution in [2.45, 2.75) is 12.2 Å². The van der Waals surface area contributed by atoms with E-state index in [4.69, 9.17) is 0 Å². The van der Waals surface area contributed by atoms with Gasteiger partial charge in [0, 0.05) is 11.2 Å². The minimum Gasteiger partial charge on any atom is -0.126 e. The SMILES string of the molecule is CC1=CC=C(I)C2C=CSC12. The lowest BCUT2D eigenvalue weighted by Gasteiger charge is -2.22. The van der Waals surface area contributed by atoms with Gasteiger partial charge in [0.1, 0.15) is 0 Å². The van der Waals surface area contributed by atoms with E-state index < -0.39 is 0 Å². The summed E-state index contributed by atoms with van der Waals surface area (Å²) < 4.78 is 1.47. The molecule has 2 aliphatic rings. The van der Waals surface area contributed by atoms with Crippen LogP contribution in [0.5, 0.6) is 0 Å². The molecule has 2 rings (SSSR count). The van der Waals surface area contributed by atoms with Crippen LogP contribution in [0.15, 0.2) is 32.8 Å². The van der Waals surface area contributed by atoms with E-state index in [0.717, 1.165) is 0 Å². The van der Waals surface area contributed by atoms with E-state index in [1.807, 2.05) is 11.8 Å². The van der Waals surface area contributed by atoms with Crippen molar-refractivity contribution >= 4 is 34.4 Å². The van der Waals surface area contributed by atoms with Gasteiger partial charge in [-0.05, 0) is 38.5 Å². The number of thioether (sulfide) groups is 1. The summed E-state index contributed by atoms with van der Waals surface area (Å²) in [6.45, 7) is 2.22. The van der Waals surface area contributed by atoms with Gasteiger partial charge in [0.25, 0.3) is 0 Å². The maximum absolute atomic E-state index is 2.44. The zero-order valence-electron chi connectivity index (χ0n) is 6.25. The molecule has 1 aliphatic heterocycles. The van der Waals surface area contributed by atoms with Crippen LogP contribution in [0, 0.1) is 5.92 Å².